The number of amides is 1. The Balaban J connectivity index is 3.95. The molecule has 0 aliphatic carbocycles. The van der Waals surface area contributed by atoms with E-state index in [4.69, 9.17) is 11.5 Å². The van der Waals surface area contributed by atoms with Crippen LogP contribution in [-0.2, 0) is 4.79 Å². The third kappa shape index (κ3) is 4.50. The first-order valence-electron chi connectivity index (χ1n) is 4.16. The van der Waals surface area contributed by atoms with E-state index >= 15 is 0 Å². The summed E-state index contributed by atoms with van der Waals surface area (Å²) in [6, 6.07) is 0. The number of aliphatic hydroxyl groups is 1. The molecule has 0 bridgehead atoms. The molecule has 0 aromatic rings. The van der Waals surface area contributed by atoms with Gasteiger partial charge in [-0.15, -0.1) is 0 Å². The molecule has 5 N–H and O–H groups in total. The van der Waals surface area contributed by atoms with Gasteiger partial charge in [0.1, 0.15) is 5.54 Å². The Morgan fingerprint density at radius 1 is 1.62 bits per heavy atom. The van der Waals surface area contributed by atoms with E-state index in [2.05, 4.69) is 0 Å². The highest BCUT2D eigenvalue weighted by molar-refractivity contribution is 8.00. The molecule has 78 valence electrons. The molecule has 3 atom stereocenters. The summed E-state index contributed by atoms with van der Waals surface area (Å²) >= 11 is 1.44. The summed E-state index contributed by atoms with van der Waals surface area (Å²) in [6.07, 6.45) is -0.409. The van der Waals surface area contributed by atoms with E-state index in [1.807, 2.05) is 6.92 Å². The van der Waals surface area contributed by atoms with Gasteiger partial charge in [-0.2, -0.15) is 11.8 Å². The van der Waals surface area contributed by atoms with Crippen LogP contribution in [0, 0.1) is 0 Å². The molecule has 0 aliphatic rings. The number of primary amides is 1. The summed E-state index contributed by atoms with van der Waals surface area (Å²) in [5.41, 5.74) is 9.73. The highest BCUT2D eigenvalue weighted by Gasteiger charge is 2.26. The van der Waals surface area contributed by atoms with Crippen molar-refractivity contribution in [2.75, 3.05) is 5.75 Å². The molecule has 4 nitrogen and oxygen atoms in total. The summed E-state index contributed by atoms with van der Waals surface area (Å²) in [5, 5.41) is 9.24. The molecular weight excluding hydrogens is 188 g/mol. The Hall–Kier alpha value is -0.260. The summed E-state index contributed by atoms with van der Waals surface area (Å²) in [7, 11) is 0. The average Bonchev–Trinajstić information content (AvgIpc) is 1.99. The molecule has 5 heteroatoms. The number of hydrogen-bond acceptors (Lipinski definition) is 4. The van der Waals surface area contributed by atoms with Gasteiger partial charge in [0.15, 0.2) is 0 Å². The lowest BCUT2D eigenvalue weighted by molar-refractivity contribution is -0.121. The van der Waals surface area contributed by atoms with E-state index in [9.17, 15) is 9.90 Å². The predicted octanol–water partition coefficient (Wildman–Crippen LogP) is -0.308. The molecular formula is C8H18N2O2S. The van der Waals surface area contributed by atoms with E-state index in [0.717, 1.165) is 0 Å². The smallest absolute Gasteiger partial charge is 0.238 e. The molecule has 0 heterocycles. The summed E-state index contributed by atoms with van der Waals surface area (Å²) in [5.74, 6) is -0.0909. The maximum Gasteiger partial charge on any atom is 0.238 e. The van der Waals surface area contributed by atoms with Crippen molar-refractivity contribution >= 4 is 17.7 Å². The largest absolute Gasteiger partial charge is 0.392 e. The maximum atomic E-state index is 10.8. The van der Waals surface area contributed by atoms with Crippen LogP contribution in [0.15, 0.2) is 0 Å². The van der Waals surface area contributed by atoms with Gasteiger partial charge in [-0.25, -0.2) is 0 Å². The van der Waals surface area contributed by atoms with Crippen molar-refractivity contribution in [2.45, 2.75) is 37.7 Å². The van der Waals surface area contributed by atoms with E-state index in [1.165, 1.54) is 11.8 Å². The van der Waals surface area contributed by atoms with Crippen LogP contribution in [0.2, 0.25) is 0 Å². The first-order valence-corrected chi connectivity index (χ1v) is 5.20. The Morgan fingerprint density at radius 2 is 2.08 bits per heavy atom. The second kappa shape index (κ2) is 4.83. The molecule has 0 aliphatic heterocycles. The first-order chi connectivity index (χ1) is 5.77. The monoisotopic (exact) mass is 206 g/mol. The molecule has 0 aromatic heterocycles. The van der Waals surface area contributed by atoms with Crippen molar-refractivity contribution < 1.29 is 9.90 Å². The molecule has 0 saturated heterocycles. The molecule has 0 radical (unpaired) electrons. The van der Waals surface area contributed by atoms with Crippen molar-refractivity contribution in [2.24, 2.45) is 11.5 Å². The van der Waals surface area contributed by atoms with E-state index in [0.29, 0.717) is 5.75 Å². The summed E-state index contributed by atoms with van der Waals surface area (Å²) in [4.78, 5) is 10.8. The van der Waals surface area contributed by atoms with Gasteiger partial charge < -0.3 is 16.6 Å². The number of nitrogens with two attached hydrogens (primary N) is 2. The lowest BCUT2D eigenvalue weighted by Gasteiger charge is -2.23. The molecule has 0 saturated carbocycles. The van der Waals surface area contributed by atoms with Crippen LogP contribution in [0.1, 0.15) is 20.8 Å². The van der Waals surface area contributed by atoms with Crippen molar-refractivity contribution in [3.8, 4) is 0 Å². The van der Waals surface area contributed by atoms with Crippen LogP contribution in [-0.4, -0.2) is 33.7 Å². The molecule has 13 heavy (non-hydrogen) atoms. The van der Waals surface area contributed by atoms with Gasteiger partial charge in [-0.1, -0.05) is 6.92 Å². The van der Waals surface area contributed by atoms with Crippen LogP contribution in [0.3, 0.4) is 0 Å². The topological polar surface area (TPSA) is 89.3 Å². The molecule has 0 fully saturated rings. The fourth-order valence-electron chi connectivity index (χ4n) is 0.515. The zero-order valence-electron chi connectivity index (χ0n) is 8.28. The highest BCUT2D eigenvalue weighted by Crippen LogP contribution is 2.18. The second-order valence-corrected chi connectivity index (χ2v) is 4.90. The molecule has 1 amide bonds. The van der Waals surface area contributed by atoms with Gasteiger partial charge in [0.25, 0.3) is 0 Å². The van der Waals surface area contributed by atoms with E-state index in [1.54, 1.807) is 13.8 Å². The van der Waals surface area contributed by atoms with Crippen molar-refractivity contribution in [3.63, 3.8) is 0 Å². The third-order valence-electron chi connectivity index (χ3n) is 1.89. The normalized spacial score (nSPS) is 20.4. The minimum atomic E-state index is -0.992. The maximum absolute atomic E-state index is 10.8. The van der Waals surface area contributed by atoms with Crippen LogP contribution in [0.5, 0.6) is 0 Å². The van der Waals surface area contributed by atoms with E-state index in [-0.39, 0.29) is 5.25 Å². The van der Waals surface area contributed by atoms with Gasteiger partial charge in [-0.05, 0) is 13.8 Å². The number of hydrogen-bond donors (Lipinski definition) is 3. The lowest BCUT2D eigenvalue weighted by Crippen LogP contribution is -2.51. The fraction of sp³-hybridized carbons (Fsp3) is 0.875. The molecule has 0 spiro atoms. The number of carbonyl (C=O) groups excluding carboxylic acids is 1. The van der Waals surface area contributed by atoms with Gasteiger partial charge in [0, 0.05) is 11.0 Å². The second-order valence-electron chi connectivity index (χ2n) is 3.54. The quantitative estimate of drug-likeness (QED) is 0.575. The van der Waals surface area contributed by atoms with Crippen LogP contribution in [0.25, 0.3) is 0 Å². The lowest BCUT2D eigenvalue weighted by atomic mass is 10.1. The van der Waals surface area contributed by atoms with Crippen LogP contribution in [0.4, 0.5) is 0 Å². The van der Waals surface area contributed by atoms with Crippen molar-refractivity contribution in [1.29, 1.82) is 0 Å². The Morgan fingerprint density at radius 3 is 2.38 bits per heavy atom. The number of carbonyl (C=O) groups is 1. The highest BCUT2D eigenvalue weighted by atomic mass is 32.2. The Kier molecular flexibility index (Phi) is 4.74. The first kappa shape index (κ1) is 12.7. The number of aliphatic hydroxyl groups excluding tert-OH is 1. The van der Waals surface area contributed by atoms with Gasteiger partial charge in [0.2, 0.25) is 5.91 Å². The standard InChI is InChI=1S/C8H18N2O2S/c1-5(11)6(2)13-4-8(3,10)7(9)12/h5-6,11H,4,10H2,1-3H3,(H2,9,12). The third-order valence-corrected chi connectivity index (χ3v) is 3.57. The summed E-state index contributed by atoms with van der Waals surface area (Å²) < 4.78 is 0. The van der Waals surface area contributed by atoms with E-state index < -0.39 is 17.6 Å². The van der Waals surface area contributed by atoms with Gasteiger partial charge in [-0.3, -0.25) is 4.79 Å². The predicted molar refractivity (Wildman–Crippen MR) is 55.4 cm³/mol. The Bertz CT molecular complexity index is 183. The summed E-state index contributed by atoms with van der Waals surface area (Å²) in [6.45, 7) is 5.18. The molecule has 0 aromatic carbocycles. The minimum Gasteiger partial charge on any atom is -0.392 e. The van der Waals surface area contributed by atoms with Crippen molar-refractivity contribution in [3.05, 3.63) is 0 Å². The van der Waals surface area contributed by atoms with Crippen LogP contribution < -0.4 is 11.5 Å². The zero-order valence-corrected chi connectivity index (χ0v) is 9.10. The van der Waals surface area contributed by atoms with Gasteiger partial charge >= 0.3 is 0 Å². The zero-order chi connectivity index (χ0) is 10.6. The van der Waals surface area contributed by atoms with Crippen LogP contribution >= 0.6 is 11.8 Å². The van der Waals surface area contributed by atoms with Crippen molar-refractivity contribution in [1.82, 2.24) is 0 Å². The minimum absolute atomic E-state index is 0.0576. The molecule has 0 rings (SSSR count). The molecule has 3 unspecified atom stereocenters. The number of thioether (sulfide) groups is 1. The average molecular weight is 206 g/mol. The SMILES string of the molecule is CC(O)C(C)SCC(C)(N)C(N)=O. The Labute approximate surface area is 83.1 Å². The van der Waals surface area contributed by atoms with Gasteiger partial charge in [0.05, 0.1) is 6.10 Å². The number of rotatable bonds is 5. The fourth-order valence-corrected chi connectivity index (χ4v) is 1.54.